The van der Waals surface area contributed by atoms with Crippen molar-refractivity contribution in [3.63, 3.8) is 0 Å². The van der Waals surface area contributed by atoms with Crippen molar-refractivity contribution in [3.05, 3.63) is 42.2 Å². The van der Waals surface area contributed by atoms with Crippen LogP contribution >= 0.6 is 0 Å². The standard InChI is InChI=1S/C12H11NO3/c1-3-15-9(2)12(14)16-11-7-5-4-6-10(11)8-13/h4-7H,2-3H2,1H3. The van der Waals surface area contributed by atoms with E-state index in [1.54, 1.807) is 25.1 Å². The molecule has 82 valence electrons. The van der Waals surface area contributed by atoms with Gasteiger partial charge in [-0.05, 0) is 25.6 Å². The van der Waals surface area contributed by atoms with E-state index in [9.17, 15) is 4.79 Å². The van der Waals surface area contributed by atoms with Gasteiger partial charge < -0.3 is 9.47 Å². The van der Waals surface area contributed by atoms with Crippen LogP contribution in [0.4, 0.5) is 0 Å². The van der Waals surface area contributed by atoms with Crippen molar-refractivity contribution < 1.29 is 14.3 Å². The Labute approximate surface area is 93.7 Å². The maximum atomic E-state index is 11.4. The highest BCUT2D eigenvalue weighted by molar-refractivity contribution is 5.87. The third-order valence-corrected chi connectivity index (χ3v) is 1.76. The second-order valence-corrected chi connectivity index (χ2v) is 2.85. The lowest BCUT2D eigenvalue weighted by Crippen LogP contribution is -2.13. The van der Waals surface area contributed by atoms with E-state index < -0.39 is 5.97 Å². The summed E-state index contributed by atoms with van der Waals surface area (Å²) in [5.41, 5.74) is 0.292. The molecule has 1 aromatic rings. The van der Waals surface area contributed by atoms with Crippen LogP contribution in [-0.2, 0) is 9.53 Å². The predicted octanol–water partition coefficient (Wildman–Crippen LogP) is 2.01. The Kier molecular flexibility index (Phi) is 4.10. The zero-order valence-electron chi connectivity index (χ0n) is 8.90. The zero-order chi connectivity index (χ0) is 12.0. The highest BCUT2D eigenvalue weighted by Crippen LogP contribution is 2.17. The van der Waals surface area contributed by atoms with Crippen molar-refractivity contribution in [1.82, 2.24) is 0 Å². The molecule has 0 bridgehead atoms. The zero-order valence-corrected chi connectivity index (χ0v) is 8.90. The molecule has 0 saturated carbocycles. The Morgan fingerprint density at radius 1 is 1.50 bits per heavy atom. The molecule has 16 heavy (non-hydrogen) atoms. The van der Waals surface area contributed by atoms with Crippen LogP contribution < -0.4 is 4.74 Å². The second kappa shape index (κ2) is 5.56. The Bertz CT molecular complexity index is 446. The molecule has 1 aromatic carbocycles. The van der Waals surface area contributed by atoms with Crippen LogP contribution in [0.3, 0.4) is 0 Å². The Morgan fingerprint density at radius 3 is 2.81 bits per heavy atom. The third kappa shape index (κ3) is 2.85. The van der Waals surface area contributed by atoms with Crippen molar-refractivity contribution in [3.8, 4) is 11.8 Å². The summed E-state index contributed by atoms with van der Waals surface area (Å²) in [5.74, 6) is -0.560. The molecule has 0 aliphatic heterocycles. The number of para-hydroxylation sites is 1. The van der Waals surface area contributed by atoms with E-state index in [0.29, 0.717) is 12.2 Å². The molecule has 0 spiro atoms. The van der Waals surface area contributed by atoms with E-state index in [1.807, 2.05) is 6.07 Å². The first-order valence-corrected chi connectivity index (χ1v) is 4.72. The molecule has 0 saturated heterocycles. The minimum absolute atomic E-state index is 0.0738. The van der Waals surface area contributed by atoms with Crippen LogP contribution in [0.15, 0.2) is 36.6 Å². The van der Waals surface area contributed by atoms with Gasteiger partial charge in [-0.15, -0.1) is 0 Å². The Hall–Kier alpha value is -2.28. The largest absolute Gasteiger partial charge is 0.487 e. The van der Waals surface area contributed by atoms with Crippen molar-refractivity contribution in [2.24, 2.45) is 0 Å². The second-order valence-electron chi connectivity index (χ2n) is 2.85. The van der Waals surface area contributed by atoms with E-state index in [1.165, 1.54) is 6.07 Å². The van der Waals surface area contributed by atoms with Gasteiger partial charge in [0.05, 0.1) is 12.2 Å². The van der Waals surface area contributed by atoms with Gasteiger partial charge >= 0.3 is 5.97 Å². The molecule has 0 aliphatic carbocycles. The monoisotopic (exact) mass is 217 g/mol. The summed E-state index contributed by atoms with van der Waals surface area (Å²) in [6.45, 7) is 5.50. The summed E-state index contributed by atoms with van der Waals surface area (Å²) in [5, 5.41) is 8.78. The van der Waals surface area contributed by atoms with Gasteiger partial charge in [-0.1, -0.05) is 12.1 Å². The Balaban J connectivity index is 2.78. The number of esters is 1. The van der Waals surface area contributed by atoms with Gasteiger partial charge in [-0.3, -0.25) is 0 Å². The lowest BCUT2D eigenvalue weighted by atomic mass is 10.2. The molecule has 0 aliphatic rings. The fraction of sp³-hybridized carbons (Fsp3) is 0.167. The van der Waals surface area contributed by atoms with Crippen LogP contribution in [0.25, 0.3) is 0 Å². The van der Waals surface area contributed by atoms with E-state index in [0.717, 1.165) is 0 Å². The predicted molar refractivity (Wildman–Crippen MR) is 57.6 cm³/mol. The molecule has 0 aromatic heterocycles. The summed E-state index contributed by atoms with van der Waals surface area (Å²) in [6, 6.07) is 8.38. The maximum Gasteiger partial charge on any atom is 0.378 e. The molecule has 0 N–H and O–H groups in total. The smallest absolute Gasteiger partial charge is 0.378 e. The van der Waals surface area contributed by atoms with E-state index >= 15 is 0 Å². The molecule has 0 heterocycles. The number of ether oxygens (including phenoxy) is 2. The first kappa shape index (κ1) is 11.8. The quantitative estimate of drug-likeness (QED) is 0.335. The Morgan fingerprint density at radius 2 is 2.19 bits per heavy atom. The molecule has 0 fully saturated rings. The van der Waals surface area contributed by atoms with Gasteiger partial charge in [0.15, 0.2) is 5.76 Å². The molecule has 0 amide bonds. The average Bonchev–Trinajstić information content (AvgIpc) is 2.30. The summed E-state index contributed by atoms with van der Waals surface area (Å²) >= 11 is 0. The van der Waals surface area contributed by atoms with E-state index in [-0.39, 0.29) is 11.5 Å². The molecule has 1 rings (SSSR count). The van der Waals surface area contributed by atoms with Crippen molar-refractivity contribution in [2.45, 2.75) is 6.92 Å². The van der Waals surface area contributed by atoms with Crippen molar-refractivity contribution in [2.75, 3.05) is 6.61 Å². The number of nitrogens with zero attached hydrogens (tertiary/aromatic N) is 1. The van der Waals surface area contributed by atoms with Crippen LogP contribution in [0.1, 0.15) is 12.5 Å². The van der Waals surface area contributed by atoms with Gasteiger partial charge in [0.1, 0.15) is 11.8 Å². The number of carbonyl (C=O) groups excluding carboxylic acids is 1. The van der Waals surface area contributed by atoms with Crippen LogP contribution in [0, 0.1) is 11.3 Å². The molecule has 0 unspecified atom stereocenters. The van der Waals surface area contributed by atoms with Crippen molar-refractivity contribution >= 4 is 5.97 Å². The van der Waals surface area contributed by atoms with Crippen LogP contribution in [0.2, 0.25) is 0 Å². The summed E-state index contributed by atoms with van der Waals surface area (Å²) < 4.78 is 9.86. The topological polar surface area (TPSA) is 59.3 Å². The molecule has 0 atom stereocenters. The number of benzene rings is 1. The fourth-order valence-electron chi connectivity index (χ4n) is 1.04. The van der Waals surface area contributed by atoms with Gasteiger partial charge in [-0.2, -0.15) is 5.26 Å². The highest BCUT2D eigenvalue weighted by Gasteiger charge is 2.12. The molecule has 4 heteroatoms. The number of hydrogen-bond acceptors (Lipinski definition) is 4. The summed E-state index contributed by atoms with van der Waals surface area (Å²) in [6.07, 6.45) is 0. The third-order valence-electron chi connectivity index (χ3n) is 1.76. The summed E-state index contributed by atoms with van der Waals surface area (Å²) in [7, 11) is 0. The van der Waals surface area contributed by atoms with Gasteiger partial charge in [0.2, 0.25) is 0 Å². The van der Waals surface area contributed by atoms with Crippen molar-refractivity contribution in [1.29, 1.82) is 5.26 Å². The minimum Gasteiger partial charge on any atom is -0.487 e. The van der Waals surface area contributed by atoms with Gasteiger partial charge in [0, 0.05) is 0 Å². The first-order chi connectivity index (χ1) is 7.69. The number of carbonyl (C=O) groups is 1. The summed E-state index contributed by atoms with van der Waals surface area (Å²) in [4.78, 5) is 11.4. The number of hydrogen-bond donors (Lipinski definition) is 0. The molecular formula is C12H11NO3. The maximum absolute atomic E-state index is 11.4. The fourth-order valence-corrected chi connectivity index (χ4v) is 1.04. The van der Waals surface area contributed by atoms with Gasteiger partial charge in [0.25, 0.3) is 0 Å². The lowest BCUT2D eigenvalue weighted by Gasteiger charge is -2.07. The SMILES string of the molecule is C=C(OCC)C(=O)Oc1ccccc1C#N. The number of nitriles is 1. The number of rotatable bonds is 4. The lowest BCUT2D eigenvalue weighted by molar-refractivity contribution is -0.133. The average molecular weight is 217 g/mol. The normalized spacial score (nSPS) is 9.00. The van der Waals surface area contributed by atoms with E-state index in [4.69, 9.17) is 14.7 Å². The van der Waals surface area contributed by atoms with E-state index in [2.05, 4.69) is 6.58 Å². The van der Waals surface area contributed by atoms with Crippen LogP contribution in [-0.4, -0.2) is 12.6 Å². The molecule has 4 nitrogen and oxygen atoms in total. The minimum atomic E-state index is -0.690. The molecular weight excluding hydrogens is 206 g/mol. The van der Waals surface area contributed by atoms with Gasteiger partial charge in [-0.25, -0.2) is 4.79 Å². The molecule has 0 radical (unpaired) electrons. The first-order valence-electron chi connectivity index (χ1n) is 4.72. The highest BCUT2D eigenvalue weighted by atomic mass is 16.6. The van der Waals surface area contributed by atoms with Crippen LogP contribution in [0.5, 0.6) is 5.75 Å².